The lowest BCUT2D eigenvalue weighted by Crippen LogP contribution is -2.42. The van der Waals surface area contributed by atoms with Crippen LogP contribution in [0.4, 0.5) is 0 Å². The molecule has 2 aliphatic heterocycles. The van der Waals surface area contributed by atoms with Gasteiger partial charge in [0.05, 0.1) is 19.8 Å². The van der Waals surface area contributed by atoms with E-state index in [1.54, 1.807) is 0 Å². The van der Waals surface area contributed by atoms with E-state index in [-0.39, 0.29) is 0 Å². The summed E-state index contributed by atoms with van der Waals surface area (Å²) < 4.78 is 5.39. The number of rotatable bonds is 4. The zero-order valence-electron chi connectivity index (χ0n) is 12.3. The first-order valence-corrected chi connectivity index (χ1v) is 7.53. The Morgan fingerprint density at radius 2 is 1.86 bits per heavy atom. The monoisotopic (exact) mass is 283 g/mol. The third-order valence-electron chi connectivity index (χ3n) is 4.03. The van der Waals surface area contributed by atoms with Gasteiger partial charge in [-0.3, -0.25) is 9.89 Å². The lowest BCUT2D eigenvalue weighted by molar-refractivity contribution is 0.0362. The van der Waals surface area contributed by atoms with Gasteiger partial charge in [-0.2, -0.15) is 0 Å². The average Bonchev–Trinajstić information content (AvgIpc) is 3.02. The second-order valence-corrected chi connectivity index (χ2v) is 5.37. The van der Waals surface area contributed by atoms with E-state index in [0.717, 1.165) is 69.4 Å². The fourth-order valence-electron chi connectivity index (χ4n) is 2.78. The topological polar surface area (TPSA) is 28.1 Å². The van der Waals surface area contributed by atoms with E-state index < -0.39 is 0 Å². The van der Waals surface area contributed by atoms with Crippen molar-refractivity contribution in [1.82, 2.24) is 9.80 Å². The quantitative estimate of drug-likeness (QED) is 0.774. The summed E-state index contributed by atoms with van der Waals surface area (Å²) in [6.45, 7) is 7.78. The van der Waals surface area contributed by atoms with Crippen molar-refractivity contribution < 1.29 is 4.74 Å². The second kappa shape index (κ2) is 6.75. The summed E-state index contributed by atoms with van der Waals surface area (Å²) in [4.78, 5) is 9.49. The maximum atomic E-state index is 5.40. The fraction of sp³-hybridized carbons (Fsp3) is 0.471. The minimum atomic E-state index is 0.856. The molecule has 0 spiro atoms. The number of benzene rings is 1. The Labute approximate surface area is 126 Å². The maximum absolute atomic E-state index is 5.40. The van der Waals surface area contributed by atoms with Crippen LogP contribution in [0.25, 0.3) is 0 Å². The molecule has 0 aromatic heterocycles. The third-order valence-corrected chi connectivity index (χ3v) is 4.03. The van der Waals surface area contributed by atoms with Crippen molar-refractivity contribution in [2.45, 2.75) is 0 Å². The molecule has 0 N–H and O–H groups in total. The van der Waals surface area contributed by atoms with Gasteiger partial charge in [-0.15, -0.1) is 6.42 Å². The Morgan fingerprint density at radius 1 is 1.10 bits per heavy atom. The van der Waals surface area contributed by atoms with E-state index >= 15 is 0 Å². The molecule has 3 rings (SSSR count). The molecule has 4 nitrogen and oxygen atoms in total. The first kappa shape index (κ1) is 14.1. The zero-order chi connectivity index (χ0) is 14.5. The van der Waals surface area contributed by atoms with Crippen LogP contribution in [-0.2, 0) is 4.74 Å². The highest BCUT2D eigenvalue weighted by molar-refractivity contribution is 5.99. The minimum Gasteiger partial charge on any atom is -0.379 e. The van der Waals surface area contributed by atoms with Crippen LogP contribution in [0.2, 0.25) is 0 Å². The van der Waals surface area contributed by atoms with Crippen LogP contribution in [0.5, 0.6) is 0 Å². The summed E-state index contributed by atoms with van der Waals surface area (Å²) in [6, 6.07) is 8.11. The van der Waals surface area contributed by atoms with Crippen molar-refractivity contribution in [2.24, 2.45) is 4.99 Å². The molecule has 1 aromatic carbocycles. The number of hydrogen-bond donors (Lipinski definition) is 0. The minimum absolute atomic E-state index is 0.856. The van der Waals surface area contributed by atoms with E-state index in [0.29, 0.717) is 0 Å². The number of ether oxygens (including phenoxy) is 1. The van der Waals surface area contributed by atoms with Crippen molar-refractivity contribution in [3.8, 4) is 12.3 Å². The molecule has 2 aliphatic rings. The number of amidine groups is 1. The van der Waals surface area contributed by atoms with Crippen LogP contribution in [0, 0.1) is 12.3 Å². The van der Waals surface area contributed by atoms with Gasteiger partial charge in [-0.1, -0.05) is 18.1 Å². The van der Waals surface area contributed by atoms with Gasteiger partial charge in [0, 0.05) is 43.9 Å². The molecule has 0 radical (unpaired) electrons. The molecule has 110 valence electrons. The molecular formula is C17H21N3O. The van der Waals surface area contributed by atoms with Gasteiger partial charge in [-0.05, 0) is 12.1 Å². The van der Waals surface area contributed by atoms with Gasteiger partial charge in [0.15, 0.2) is 0 Å². The van der Waals surface area contributed by atoms with Gasteiger partial charge in [-0.25, -0.2) is 0 Å². The fourth-order valence-corrected chi connectivity index (χ4v) is 2.78. The molecule has 0 unspecified atom stereocenters. The van der Waals surface area contributed by atoms with E-state index in [9.17, 15) is 0 Å². The summed E-state index contributed by atoms with van der Waals surface area (Å²) >= 11 is 0. The molecule has 1 fully saturated rings. The van der Waals surface area contributed by atoms with Gasteiger partial charge in [0.1, 0.15) is 5.84 Å². The van der Waals surface area contributed by atoms with Gasteiger partial charge in [0.2, 0.25) is 0 Å². The second-order valence-electron chi connectivity index (χ2n) is 5.37. The molecule has 1 saturated heterocycles. The largest absolute Gasteiger partial charge is 0.379 e. The number of terminal acetylenes is 1. The Bertz CT molecular complexity index is 538. The molecule has 0 bridgehead atoms. The molecule has 4 heteroatoms. The van der Waals surface area contributed by atoms with E-state index in [4.69, 9.17) is 11.2 Å². The molecular weight excluding hydrogens is 262 g/mol. The van der Waals surface area contributed by atoms with Crippen molar-refractivity contribution in [3.63, 3.8) is 0 Å². The van der Waals surface area contributed by atoms with Crippen molar-refractivity contribution in [1.29, 1.82) is 0 Å². The summed E-state index contributed by atoms with van der Waals surface area (Å²) in [6.07, 6.45) is 5.40. The third kappa shape index (κ3) is 3.44. The first-order valence-electron chi connectivity index (χ1n) is 7.53. The van der Waals surface area contributed by atoms with E-state index in [1.807, 2.05) is 12.1 Å². The summed E-state index contributed by atoms with van der Waals surface area (Å²) in [7, 11) is 0. The molecule has 0 aliphatic carbocycles. The molecule has 0 amide bonds. The summed E-state index contributed by atoms with van der Waals surface area (Å²) in [5.41, 5.74) is 2.07. The van der Waals surface area contributed by atoms with Crippen LogP contribution in [-0.4, -0.2) is 68.1 Å². The van der Waals surface area contributed by atoms with Crippen LogP contribution in [0.3, 0.4) is 0 Å². The zero-order valence-corrected chi connectivity index (χ0v) is 12.3. The average molecular weight is 283 g/mol. The highest BCUT2D eigenvalue weighted by Gasteiger charge is 2.19. The molecule has 0 atom stereocenters. The Kier molecular flexibility index (Phi) is 4.54. The van der Waals surface area contributed by atoms with E-state index in [1.165, 1.54) is 0 Å². The van der Waals surface area contributed by atoms with E-state index in [2.05, 4.69) is 32.8 Å². The Hall–Kier alpha value is -1.83. The van der Waals surface area contributed by atoms with Crippen molar-refractivity contribution in [2.75, 3.05) is 52.5 Å². The normalized spacial score (nSPS) is 19.4. The molecule has 2 heterocycles. The predicted molar refractivity (Wildman–Crippen MR) is 84.6 cm³/mol. The van der Waals surface area contributed by atoms with Crippen LogP contribution in [0.1, 0.15) is 11.1 Å². The van der Waals surface area contributed by atoms with Crippen molar-refractivity contribution in [3.05, 3.63) is 35.4 Å². The van der Waals surface area contributed by atoms with Crippen molar-refractivity contribution >= 4 is 5.84 Å². The summed E-state index contributed by atoms with van der Waals surface area (Å²) in [5, 5.41) is 0. The van der Waals surface area contributed by atoms with Gasteiger partial charge in [0.25, 0.3) is 0 Å². The Balaban J connectivity index is 1.60. The summed E-state index contributed by atoms with van der Waals surface area (Å²) in [5.74, 6) is 3.76. The molecule has 21 heavy (non-hydrogen) atoms. The highest BCUT2D eigenvalue weighted by Crippen LogP contribution is 2.13. The lowest BCUT2D eigenvalue weighted by Gasteiger charge is -2.29. The van der Waals surface area contributed by atoms with Gasteiger partial charge >= 0.3 is 0 Å². The molecule has 1 aromatic rings. The van der Waals surface area contributed by atoms with Crippen LogP contribution < -0.4 is 0 Å². The van der Waals surface area contributed by atoms with Gasteiger partial charge < -0.3 is 9.64 Å². The number of hydrogen-bond acceptors (Lipinski definition) is 4. The number of aliphatic imine (C=N–C) groups is 1. The smallest absolute Gasteiger partial charge is 0.131 e. The van der Waals surface area contributed by atoms with Crippen LogP contribution in [0.15, 0.2) is 29.3 Å². The standard InChI is InChI=1S/C17H21N3O/c1-2-15-3-5-16(6-4-15)17-18-7-8-20(17)10-9-19-11-13-21-14-12-19/h1,3-6H,7-14H2. The predicted octanol–water partition coefficient (Wildman–Crippen LogP) is 1.06. The molecule has 0 saturated carbocycles. The lowest BCUT2D eigenvalue weighted by atomic mass is 10.1. The highest BCUT2D eigenvalue weighted by atomic mass is 16.5. The SMILES string of the molecule is C#Cc1ccc(C2=NCCN2CCN2CCOCC2)cc1. The maximum Gasteiger partial charge on any atom is 0.131 e. The number of nitrogens with zero attached hydrogens (tertiary/aromatic N) is 3. The Morgan fingerprint density at radius 3 is 2.57 bits per heavy atom. The first-order chi connectivity index (χ1) is 10.4. The number of morpholine rings is 1. The van der Waals surface area contributed by atoms with Crippen LogP contribution >= 0.6 is 0 Å².